The van der Waals surface area contributed by atoms with E-state index in [1.54, 1.807) is 6.07 Å². The molecule has 0 atom stereocenters. The van der Waals surface area contributed by atoms with Crippen LogP contribution in [0.2, 0.25) is 0 Å². The van der Waals surface area contributed by atoms with Gasteiger partial charge in [-0.1, -0.05) is 52.3 Å². The van der Waals surface area contributed by atoms with Crippen molar-refractivity contribution in [2.75, 3.05) is 4.90 Å². The van der Waals surface area contributed by atoms with Crippen molar-refractivity contribution in [2.45, 2.75) is 18.4 Å². The maximum atomic E-state index is 14.0. The summed E-state index contributed by atoms with van der Waals surface area (Å²) in [5, 5.41) is 0.674. The molecule has 1 aliphatic rings. The van der Waals surface area contributed by atoms with Crippen molar-refractivity contribution in [3.63, 3.8) is 0 Å². The number of anilines is 1. The molecule has 0 spiro atoms. The van der Waals surface area contributed by atoms with Gasteiger partial charge in [0.1, 0.15) is 5.82 Å². The van der Waals surface area contributed by atoms with Crippen LogP contribution in [0.4, 0.5) is 10.1 Å². The lowest BCUT2D eigenvalue weighted by Gasteiger charge is -2.21. The SMILES string of the molecule is Fc1cccc(CBr)c1N1Cc2ccccc2C1. The fraction of sp³-hybridized carbons (Fsp3) is 0.200. The van der Waals surface area contributed by atoms with Crippen LogP contribution in [-0.4, -0.2) is 0 Å². The zero-order valence-corrected chi connectivity index (χ0v) is 11.5. The average molecular weight is 306 g/mol. The summed E-state index contributed by atoms with van der Waals surface area (Å²) in [7, 11) is 0. The quantitative estimate of drug-likeness (QED) is 0.750. The Hall–Kier alpha value is -1.35. The van der Waals surface area contributed by atoms with Gasteiger partial charge < -0.3 is 4.90 Å². The highest BCUT2D eigenvalue weighted by Crippen LogP contribution is 2.33. The summed E-state index contributed by atoms with van der Waals surface area (Å²) in [6, 6.07) is 13.6. The summed E-state index contributed by atoms with van der Waals surface area (Å²) in [5.41, 5.74) is 4.32. The highest BCUT2D eigenvalue weighted by atomic mass is 79.9. The average Bonchev–Trinajstić information content (AvgIpc) is 2.81. The second kappa shape index (κ2) is 4.73. The Balaban J connectivity index is 2.00. The number of rotatable bonds is 2. The van der Waals surface area contributed by atoms with Gasteiger partial charge in [0.25, 0.3) is 0 Å². The van der Waals surface area contributed by atoms with E-state index in [2.05, 4.69) is 33.0 Å². The van der Waals surface area contributed by atoms with E-state index in [-0.39, 0.29) is 5.82 Å². The van der Waals surface area contributed by atoms with E-state index in [0.29, 0.717) is 5.33 Å². The summed E-state index contributed by atoms with van der Waals surface area (Å²) in [6.45, 7) is 1.58. The summed E-state index contributed by atoms with van der Waals surface area (Å²) in [5.74, 6) is -0.139. The molecule has 0 N–H and O–H groups in total. The summed E-state index contributed by atoms with van der Waals surface area (Å²) in [4.78, 5) is 2.11. The van der Waals surface area contributed by atoms with Crippen LogP contribution in [0.15, 0.2) is 42.5 Å². The predicted octanol–water partition coefficient (Wildman–Crippen LogP) is 4.24. The van der Waals surface area contributed by atoms with Crippen LogP contribution >= 0.6 is 15.9 Å². The second-order valence-electron chi connectivity index (χ2n) is 4.51. The topological polar surface area (TPSA) is 3.24 Å². The fourth-order valence-electron chi connectivity index (χ4n) is 2.51. The van der Waals surface area contributed by atoms with Gasteiger partial charge >= 0.3 is 0 Å². The van der Waals surface area contributed by atoms with Crippen LogP contribution in [0.25, 0.3) is 0 Å². The van der Waals surface area contributed by atoms with Crippen LogP contribution in [0, 0.1) is 5.82 Å². The molecule has 0 fully saturated rings. The van der Waals surface area contributed by atoms with E-state index < -0.39 is 0 Å². The van der Waals surface area contributed by atoms with E-state index in [0.717, 1.165) is 24.3 Å². The molecule has 0 radical (unpaired) electrons. The van der Waals surface area contributed by atoms with E-state index in [9.17, 15) is 4.39 Å². The third-order valence-corrected chi connectivity index (χ3v) is 3.98. The monoisotopic (exact) mass is 305 g/mol. The highest BCUT2D eigenvalue weighted by molar-refractivity contribution is 9.08. The Morgan fingerprint density at radius 2 is 1.67 bits per heavy atom. The molecule has 1 heterocycles. The molecular formula is C15H13BrFN. The van der Waals surface area contributed by atoms with Gasteiger partial charge in [-0.3, -0.25) is 0 Å². The molecule has 3 heteroatoms. The molecule has 0 amide bonds. The van der Waals surface area contributed by atoms with Crippen molar-refractivity contribution >= 4 is 21.6 Å². The Labute approximate surface area is 114 Å². The summed E-state index contributed by atoms with van der Waals surface area (Å²) < 4.78 is 14.0. The molecule has 0 saturated carbocycles. The van der Waals surface area contributed by atoms with Gasteiger partial charge in [-0.25, -0.2) is 4.39 Å². The Bertz CT molecular complexity index is 557. The van der Waals surface area contributed by atoms with Crippen molar-refractivity contribution in [2.24, 2.45) is 0 Å². The van der Waals surface area contributed by atoms with Gasteiger partial charge in [-0.05, 0) is 22.8 Å². The third kappa shape index (κ3) is 1.93. The van der Waals surface area contributed by atoms with Gasteiger partial charge in [0, 0.05) is 18.4 Å². The first kappa shape index (κ1) is 11.7. The van der Waals surface area contributed by atoms with Crippen LogP contribution in [0.5, 0.6) is 0 Å². The van der Waals surface area contributed by atoms with Crippen molar-refractivity contribution in [1.82, 2.24) is 0 Å². The van der Waals surface area contributed by atoms with E-state index in [1.165, 1.54) is 17.2 Å². The fourth-order valence-corrected chi connectivity index (χ4v) is 2.97. The molecule has 0 aromatic heterocycles. The number of para-hydroxylation sites is 1. The van der Waals surface area contributed by atoms with Crippen LogP contribution in [0.1, 0.15) is 16.7 Å². The molecule has 3 rings (SSSR count). The second-order valence-corrected chi connectivity index (χ2v) is 5.07. The predicted molar refractivity (Wildman–Crippen MR) is 75.4 cm³/mol. The van der Waals surface area contributed by atoms with E-state index in [4.69, 9.17) is 0 Å². The number of alkyl halides is 1. The lowest BCUT2D eigenvalue weighted by Crippen LogP contribution is -2.17. The van der Waals surface area contributed by atoms with Crippen molar-refractivity contribution in [3.8, 4) is 0 Å². The van der Waals surface area contributed by atoms with Crippen LogP contribution < -0.4 is 4.90 Å². The van der Waals surface area contributed by atoms with Crippen LogP contribution in [0.3, 0.4) is 0 Å². The van der Waals surface area contributed by atoms with Crippen LogP contribution in [-0.2, 0) is 18.4 Å². The summed E-state index contributed by atoms with van der Waals surface area (Å²) in [6.07, 6.45) is 0. The molecule has 92 valence electrons. The van der Waals surface area contributed by atoms with Crippen molar-refractivity contribution < 1.29 is 4.39 Å². The van der Waals surface area contributed by atoms with Crippen molar-refractivity contribution in [3.05, 3.63) is 65.0 Å². The largest absolute Gasteiger partial charge is 0.360 e. The number of hydrogen-bond donors (Lipinski definition) is 0. The Morgan fingerprint density at radius 1 is 1.00 bits per heavy atom. The number of nitrogens with zero attached hydrogens (tertiary/aromatic N) is 1. The normalized spacial score (nSPS) is 13.8. The number of halogens is 2. The molecule has 0 saturated heterocycles. The van der Waals surface area contributed by atoms with Gasteiger partial charge in [0.2, 0.25) is 0 Å². The van der Waals surface area contributed by atoms with Gasteiger partial charge in [0.05, 0.1) is 5.69 Å². The third-order valence-electron chi connectivity index (χ3n) is 3.37. The zero-order chi connectivity index (χ0) is 12.5. The molecule has 0 aliphatic carbocycles. The Morgan fingerprint density at radius 3 is 2.28 bits per heavy atom. The first-order valence-corrected chi connectivity index (χ1v) is 7.07. The van der Waals surface area contributed by atoms with E-state index in [1.807, 2.05) is 18.2 Å². The zero-order valence-electron chi connectivity index (χ0n) is 9.87. The lowest BCUT2D eigenvalue weighted by atomic mass is 10.1. The minimum Gasteiger partial charge on any atom is -0.360 e. The standard InChI is InChI=1S/C15H13BrFN/c16-8-11-6-3-7-14(17)15(11)18-9-12-4-1-2-5-13(12)10-18/h1-7H,8-10H2. The summed E-state index contributed by atoms with van der Waals surface area (Å²) >= 11 is 3.43. The highest BCUT2D eigenvalue weighted by Gasteiger charge is 2.22. The van der Waals surface area contributed by atoms with Gasteiger partial charge in [0.15, 0.2) is 0 Å². The minimum atomic E-state index is -0.139. The molecule has 1 aliphatic heterocycles. The number of fused-ring (bicyclic) bond motifs is 1. The number of hydrogen-bond acceptors (Lipinski definition) is 1. The minimum absolute atomic E-state index is 0.139. The smallest absolute Gasteiger partial charge is 0.146 e. The Kier molecular flexibility index (Phi) is 3.08. The van der Waals surface area contributed by atoms with Gasteiger partial charge in [-0.2, -0.15) is 0 Å². The van der Waals surface area contributed by atoms with Gasteiger partial charge in [-0.15, -0.1) is 0 Å². The molecular weight excluding hydrogens is 293 g/mol. The van der Waals surface area contributed by atoms with Crippen molar-refractivity contribution in [1.29, 1.82) is 0 Å². The molecule has 2 aromatic carbocycles. The first-order valence-electron chi connectivity index (χ1n) is 5.94. The molecule has 1 nitrogen and oxygen atoms in total. The first-order chi connectivity index (χ1) is 8.79. The lowest BCUT2D eigenvalue weighted by molar-refractivity contribution is 0.618. The number of benzene rings is 2. The molecule has 0 bridgehead atoms. The maximum absolute atomic E-state index is 14.0. The molecule has 2 aromatic rings. The molecule has 0 unspecified atom stereocenters. The maximum Gasteiger partial charge on any atom is 0.146 e. The molecule has 18 heavy (non-hydrogen) atoms. The van der Waals surface area contributed by atoms with E-state index >= 15 is 0 Å².